The van der Waals surface area contributed by atoms with Crippen LogP contribution in [0.25, 0.3) is 0 Å². The standard InChI is InChI=1S/C10H18FNO.C10H20N2O.C7H13NO.C5H10O/c1-7(2)9(13)12-6-8-4-10(3,11)5-8;1-8(2)10(13)11-9-4-6-12(3)7-5-9;1-5(2)7(9)8-6-3-4-6;1-4(2)5(3)6/h7-8H,4-6H2,1-3H3,(H,12,13);8-9H,4-7H2,1-3H3,(H,11,13);5-6H,3-4H2,1-2H3,(H,8,9);4H,1-3H3. The first-order valence-electron chi connectivity index (χ1n) is 15.6. The van der Waals surface area contributed by atoms with E-state index in [2.05, 4.69) is 27.9 Å². The van der Waals surface area contributed by atoms with Crippen LogP contribution in [0.15, 0.2) is 0 Å². The Bertz CT molecular complexity index is 794. The third-order valence-corrected chi connectivity index (χ3v) is 7.37. The summed E-state index contributed by atoms with van der Waals surface area (Å²) < 4.78 is 13.0. The van der Waals surface area contributed by atoms with Gasteiger partial charge in [-0.1, -0.05) is 55.4 Å². The SMILES string of the molecule is CC(=O)C(C)C.CC(C)C(=O)NC1CC1.CC(C)C(=O)NC1CCN(C)CC1.CC(C)C(=O)NCC1CC(C)(F)C1. The summed E-state index contributed by atoms with van der Waals surface area (Å²) in [6, 6.07) is 0.922. The van der Waals surface area contributed by atoms with Gasteiger partial charge in [0, 0.05) is 42.3 Å². The maximum Gasteiger partial charge on any atom is 0.222 e. The average Bonchev–Trinajstić information content (AvgIpc) is 3.67. The van der Waals surface area contributed by atoms with Crippen LogP contribution in [0.5, 0.6) is 0 Å². The second-order valence-corrected chi connectivity index (χ2v) is 13.5. The molecule has 0 aromatic heterocycles. The van der Waals surface area contributed by atoms with Gasteiger partial charge in [-0.15, -0.1) is 0 Å². The summed E-state index contributed by atoms with van der Waals surface area (Å²) in [5, 5.41) is 8.80. The van der Waals surface area contributed by atoms with Gasteiger partial charge in [-0.05, 0) is 78.4 Å². The molecular weight excluding hydrogens is 523 g/mol. The highest BCUT2D eigenvalue weighted by Crippen LogP contribution is 2.40. The third-order valence-electron chi connectivity index (χ3n) is 7.37. The van der Waals surface area contributed by atoms with Crippen LogP contribution in [0, 0.1) is 29.6 Å². The summed E-state index contributed by atoms with van der Waals surface area (Å²) >= 11 is 0. The Morgan fingerprint density at radius 1 is 0.732 bits per heavy atom. The van der Waals surface area contributed by atoms with Crippen molar-refractivity contribution in [2.45, 2.75) is 126 Å². The zero-order valence-electron chi connectivity index (χ0n) is 27.9. The Kier molecular flexibility index (Phi) is 18.3. The summed E-state index contributed by atoms with van der Waals surface area (Å²) in [7, 11) is 2.13. The van der Waals surface area contributed by atoms with Crippen LogP contribution in [-0.2, 0) is 19.2 Å². The van der Waals surface area contributed by atoms with Crippen molar-refractivity contribution in [2.24, 2.45) is 29.6 Å². The maximum absolute atomic E-state index is 13.0. The molecule has 41 heavy (non-hydrogen) atoms. The summed E-state index contributed by atoms with van der Waals surface area (Å²) in [5.41, 5.74) is -0.979. The number of nitrogens with zero attached hydrogens (tertiary/aromatic N) is 1. The molecule has 240 valence electrons. The number of amides is 3. The van der Waals surface area contributed by atoms with Gasteiger partial charge < -0.3 is 20.9 Å². The predicted molar refractivity (Wildman–Crippen MR) is 165 cm³/mol. The molecule has 3 aliphatic rings. The molecule has 3 amide bonds. The normalized spacial score (nSPS) is 22.3. The first-order chi connectivity index (χ1) is 18.8. The fourth-order valence-electron chi connectivity index (χ4n) is 3.85. The van der Waals surface area contributed by atoms with Gasteiger partial charge in [-0.2, -0.15) is 0 Å². The van der Waals surface area contributed by atoms with Crippen molar-refractivity contribution >= 4 is 23.5 Å². The lowest BCUT2D eigenvalue weighted by Gasteiger charge is -2.38. The molecule has 0 atom stereocenters. The van der Waals surface area contributed by atoms with E-state index in [1.807, 2.05) is 55.4 Å². The largest absolute Gasteiger partial charge is 0.356 e. The molecule has 8 nitrogen and oxygen atoms in total. The highest BCUT2D eigenvalue weighted by Gasteiger charge is 2.40. The summed E-state index contributed by atoms with van der Waals surface area (Å²) in [6.07, 6.45) is 5.72. The topological polar surface area (TPSA) is 108 Å². The van der Waals surface area contributed by atoms with Crippen LogP contribution in [0.2, 0.25) is 0 Å². The quantitative estimate of drug-likeness (QED) is 0.376. The Labute approximate surface area is 249 Å². The molecule has 3 N–H and O–H groups in total. The summed E-state index contributed by atoms with van der Waals surface area (Å²) in [6.45, 7) is 21.3. The Morgan fingerprint density at radius 2 is 1.10 bits per heavy atom. The molecule has 0 bridgehead atoms. The van der Waals surface area contributed by atoms with E-state index in [1.54, 1.807) is 13.8 Å². The van der Waals surface area contributed by atoms with E-state index >= 15 is 0 Å². The molecule has 9 heteroatoms. The predicted octanol–water partition coefficient (Wildman–Crippen LogP) is 4.90. The molecule has 3 rings (SSSR count). The number of rotatable bonds is 8. The molecule has 0 aromatic rings. The molecule has 0 aromatic carbocycles. The minimum Gasteiger partial charge on any atom is -0.356 e. The molecule has 0 spiro atoms. The monoisotopic (exact) mass is 584 g/mol. The van der Waals surface area contributed by atoms with Gasteiger partial charge in [0.15, 0.2) is 0 Å². The molecule has 2 saturated carbocycles. The van der Waals surface area contributed by atoms with Crippen LogP contribution in [-0.4, -0.2) is 72.8 Å². The number of alkyl halides is 1. The van der Waals surface area contributed by atoms with Crippen molar-refractivity contribution in [3.8, 4) is 0 Å². The van der Waals surface area contributed by atoms with E-state index in [0.717, 1.165) is 25.9 Å². The minimum atomic E-state index is -0.979. The minimum absolute atomic E-state index is 0.0248. The van der Waals surface area contributed by atoms with Crippen LogP contribution in [0.3, 0.4) is 0 Å². The lowest BCUT2D eigenvalue weighted by Crippen LogP contribution is -2.44. The lowest BCUT2D eigenvalue weighted by molar-refractivity contribution is -0.125. The number of hydrogen-bond acceptors (Lipinski definition) is 5. The number of carbonyl (C=O) groups excluding carboxylic acids is 4. The Hall–Kier alpha value is -2.03. The van der Waals surface area contributed by atoms with Gasteiger partial charge >= 0.3 is 0 Å². The number of hydrogen-bond donors (Lipinski definition) is 3. The fourth-order valence-corrected chi connectivity index (χ4v) is 3.85. The lowest BCUT2D eigenvalue weighted by atomic mass is 9.73. The summed E-state index contributed by atoms with van der Waals surface area (Å²) in [5.74, 6) is 1.54. The van der Waals surface area contributed by atoms with Crippen molar-refractivity contribution in [3.05, 3.63) is 0 Å². The van der Waals surface area contributed by atoms with E-state index in [4.69, 9.17) is 0 Å². The molecule has 1 aliphatic heterocycles. The van der Waals surface area contributed by atoms with Crippen molar-refractivity contribution in [2.75, 3.05) is 26.7 Å². The second-order valence-electron chi connectivity index (χ2n) is 13.5. The molecule has 1 saturated heterocycles. The van der Waals surface area contributed by atoms with E-state index < -0.39 is 5.67 Å². The molecule has 1 heterocycles. The number of likely N-dealkylation sites (tertiary alicyclic amines) is 1. The summed E-state index contributed by atoms with van der Waals surface area (Å²) in [4.78, 5) is 45.8. The van der Waals surface area contributed by atoms with Gasteiger partial charge in [-0.3, -0.25) is 19.2 Å². The number of carbonyl (C=O) groups is 4. The van der Waals surface area contributed by atoms with E-state index in [9.17, 15) is 23.6 Å². The van der Waals surface area contributed by atoms with E-state index in [1.165, 1.54) is 12.8 Å². The average molecular weight is 585 g/mol. The van der Waals surface area contributed by atoms with Gasteiger partial charge in [0.1, 0.15) is 11.5 Å². The van der Waals surface area contributed by atoms with Crippen molar-refractivity contribution in [3.63, 3.8) is 0 Å². The first kappa shape index (κ1) is 39.0. The number of ketones is 1. The zero-order valence-corrected chi connectivity index (χ0v) is 27.9. The highest BCUT2D eigenvalue weighted by molar-refractivity contribution is 5.79. The number of halogens is 1. The van der Waals surface area contributed by atoms with Gasteiger partial charge in [0.25, 0.3) is 0 Å². The van der Waals surface area contributed by atoms with Crippen LogP contribution in [0.4, 0.5) is 4.39 Å². The molecule has 0 radical (unpaired) electrons. The number of Topliss-reactive ketones (excluding diaryl/α,β-unsaturated/α-hetero) is 1. The van der Waals surface area contributed by atoms with Crippen molar-refractivity contribution in [1.82, 2.24) is 20.9 Å². The van der Waals surface area contributed by atoms with Crippen LogP contribution >= 0.6 is 0 Å². The fraction of sp³-hybridized carbons (Fsp3) is 0.875. The maximum atomic E-state index is 13.0. The molecule has 2 aliphatic carbocycles. The highest BCUT2D eigenvalue weighted by atomic mass is 19.1. The van der Waals surface area contributed by atoms with E-state index in [-0.39, 0.29) is 47.2 Å². The van der Waals surface area contributed by atoms with E-state index in [0.29, 0.717) is 37.4 Å². The van der Waals surface area contributed by atoms with Gasteiger partial charge in [0.2, 0.25) is 17.7 Å². The number of piperidine rings is 1. The smallest absolute Gasteiger partial charge is 0.222 e. The first-order valence-corrected chi connectivity index (χ1v) is 15.6. The molecule has 3 fully saturated rings. The number of nitrogens with one attached hydrogen (secondary N) is 3. The zero-order chi connectivity index (χ0) is 31.9. The van der Waals surface area contributed by atoms with Crippen molar-refractivity contribution in [1.29, 1.82) is 0 Å². The van der Waals surface area contributed by atoms with Crippen LogP contribution < -0.4 is 16.0 Å². The molecule has 0 unspecified atom stereocenters. The van der Waals surface area contributed by atoms with Crippen molar-refractivity contribution < 1.29 is 23.6 Å². The second kappa shape index (κ2) is 19.2. The third kappa shape index (κ3) is 19.7. The Morgan fingerprint density at radius 3 is 1.39 bits per heavy atom. The van der Waals surface area contributed by atoms with Gasteiger partial charge in [-0.25, -0.2) is 4.39 Å². The van der Waals surface area contributed by atoms with Crippen LogP contribution in [0.1, 0.15) is 108 Å². The Balaban J connectivity index is 0.000000541. The van der Waals surface area contributed by atoms with Gasteiger partial charge in [0.05, 0.1) is 0 Å². The molecular formula is C32H61FN4O4.